The monoisotopic (exact) mass is 332 g/mol. The lowest BCUT2D eigenvalue weighted by atomic mass is 9.79. The Bertz CT molecular complexity index is 804. The number of primary amides is 1. The molecule has 1 heterocycles. The van der Waals surface area contributed by atoms with E-state index >= 15 is 0 Å². The largest absolute Gasteiger partial charge is 0.369 e. The molecule has 0 bridgehead atoms. The molecular formula is C22H24N2O. The fraction of sp³-hybridized carbons (Fsp3) is 0.364. The number of nitrogens with two attached hydrogens (primary N) is 1. The maximum absolute atomic E-state index is 12.4. The number of hydrogen-bond acceptors (Lipinski definition) is 2. The van der Waals surface area contributed by atoms with Crippen LogP contribution >= 0.6 is 0 Å². The Hall–Kier alpha value is -2.42. The molecule has 25 heavy (non-hydrogen) atoms. The number of carbonyl (C=O) groups is 1. The molecule has 1 aliphatic carbocycles. The highest BCUT2D eigenvalue weighted by Gasteiger charge is 2.40. The molecule has 1 saturated carbocycles. The summed E-state index contributed by atoms with van der Waals surface area (Å²) in [7, 11) is 0. The van der Waals surface area contributed by atoms with Crippen molar-refractivity contribution in [2.75, 3.05) is 0 Å². The second-order valence-electron chi connectivity index (χ2n) is 7.41. The molecule has 1 amide bonds. The van der Waals surface area contributed by atoms with Gasteiger partial charge in [-0.3, -0.25) is 9.79 Å². The number of benzene rings is 2. The molecule has 1 aliphatic heterocycles. The molecule has 0 radical (unpaired) electrons. The average molecular weight is 332 g/mol. The average Bonchev–Trinajstić information content (AvgIpc) is 3.07. The van der Waals surface area contributed by atoms with Crippen LogP contribution in [0, 0.1) is 5.92 Å². The smallest absolute Gasteiger partial charge is 0.226 e. The minimum atomic E-state index is -0.374. The third kappa shape index (κ3) is 3.11. The molecule has 1 atom stereocenters. The highest BCUT2D eigenvalue weighted by molar-refractivity contribution is 6.14. The molecular weight excluding hydrogens is 308 g/mol. The van der Waals surface area contributed by atoms with Gasteiger partial charge >= 0.3 is 0 Å². The molecule has 2 aromatic carbocycles. The summed E-state index contributed by atoms with van der Waals surface area (Å²) in [5, 5.41) is 0. The molecule has 3 heteroatoms. The number of amides is 1. The summed E-state index contributed by atoms with van der Waals surface area (Å²) in [5.41, 5.74) is 10.3. The van der Waals surface area contributed by atoms with Crippen LogP contribution in [0.5, 0.6) is 0 Å². The van der Waals surface area contributed by atoms with Crippen LogP contribution in [0.2, 0.25) is 0 Å². The number of aliphatic imine (C=N–C) groups is 1. The molecule has 2 aliphatic rings. The van der Waals surface area contributed by atoms with Gasteiger partial charge < -0.3 is 5.73 Å². The lowest BCUT2D eigenvalue weighted by molar-refractivity contribution is -0.119. The summed E-state index contributed by atoms with van der Waals surface area (Å²) in [6, 6.07) is 18.5. The van der Waals surface area contributed by atoms with Crippen molar-refractivity contribution in [1.29, 1.82) is 0 Å². The van der Waals surface area contributed by atoms with E-state index in [0.717, 1.165) is 36.1 Å². The summed E-state index contributed by atoms with van der Waals surface area (Å²) < 4.78 is 0. The van der Waals surface area contributed by atoms with Crippen molar-refractivity contribution >= 4 is 11.6 Å². The van der Waals surface area contributed by atoms with Crippen molar-refractivity contribution in [2.24, 2.45) is 16.6 Å². The van der Waals surface area contributed by atoms with Gasteiger partial charge in [-0.05, 0) is 42.4 Å². The van der Waals surface area contributed by atoms with E-state index in [-0.39, 0.29) is 17.4 Å². The SMILES string of the molecule is NC(=O)[C@@H](Cc1ccccc1)C1=NC2(CCCC2)Cc2ccccc21. The van der Waals surface area contributed by atoms with Gasteiger partial charge in [0.25, 0.3) is 0 Å². The van der Waals surface area contributed by atoms with Crippen LogP contribution < -0.4 is 5.73 Å². The quantitative estimate of drug-likeness (QED) is 0.912. The Kier molecular flexibility index (Phi) is 4.16. The molecule has 128 valence electrons. The van der Waals surface area contributed by atoms with Crippen LogP contribution in [0.3, 0.4) is 0 Å². The molecule has 0 aromatic heterocycles. The standard InChI is InChI=1S/C22H24N2O/c23-21(25)19(14-16-8-2-1-3-9-16)20-18-11-5-4-10-17(18)15-22(24-20)12-6-7-13-22/h1-5,8-11,19H,6-7,12-15H2,(H2,23,25)/t19-/m0/s1. The minimum absolute atomic E-state index is 0.0198. The van der Waals surface area contributed by atoms with Crippen molar-refractivity contribution in [1.82, 2.24) is 0 Å². The summed E-state index contributed by atoms with van der Waals surface area (Å²) in [6.45, 7) is 0. The molecule has 2 aromatic rings. The van der Waals surface area contributed by atoms with Crippen LogP contribution in [-0.4, -0.2) is 17.2 Å². The number of carbonyl (C=O) groups excluding carboxylic acids is 1. The van der Waals surface area contributed by atoms with Crippen LogP contribution in [0.25, 0.3) is 0 Å². The van der Waals surface area contributed by atoms with Crippen LogP contribution in [0.4, 0.5) is 0 Å². The maximum atomic E-state index is 12.4. The molecule has 3 nitrogen and oxygen atoms in total. The zero-order chi connectivity index (χ0) is 17.3. The maximum Gasteiger partial charge on any atom is 0.226 e. The number of hydrogen-bond donors (Lipinski definition) is 1. The van der Waals surface area contributed by atoms with Gasteiger partial charge in [-0.25, -0.2) is 0 Å². The van der Waals surface area contributed by atoms with E-state index in [1.54, 1.807) is 0 Å². The predicted molar refractivity (Wildman–Crippen MR) is 101 cm³/mol. The topological polar surface area (TPSA) is 55.5 Å². The van der Waals surface area contributed by atoms with Gasteiger partial charge in [0.05, 0.1) is 17.2 Å². The van der Waals surface area contributed by atoms with Gasteiger partial charge in [0.1, 0.15) is 0 Å². The first-order valence-electron chi connectivity index (χ1n) is 9.18. The van der Waals surface area contributed by atoms with Crippen LogP contribution in [-0.2, 0) is 17.6 Å². The summed E-state index contributed by atoms with van der Waals surface area (Å²) in [5.74, 6) is -0.659. The molecule has 0 saturated heterocycles. The van der Waals surface area contributed by atoms with E-state index in [9.17, 15) is 4.79 Å². The van der Waals surface area contributed by atoms with Crippen LogP contribution in [0.1, 0.15) is 42.4 Å². The molecule has 2 N–H and O–H groups in total. The fourth-order valence-electron chi connectivity index (χ4n) is 4.40. The van der Waals surface area contributed by atoms with Crippen molar-refractivity contribution in [2.45, 2.75) is 44.1 Å². The summed E-state index contributed by atoms with van der Waals surface area (Å²) >= 11 is 0. The fourth-order valence-corrected chi connectivity index (χ4v) is 4.40. The minimum Gasteiger partial charge on any atom is -0.369 e. The Balaban J connectivity index is 1.78. The Morgan fingerprint density at radius 1 is 1.04 bits per heavy atom. The van der Waals surface area contributed by atoms with E-state index < -0.39 is 0 Å². The van der Waals surface area contributed by atoms with Crippen LogP contribution in [0.15, 0.2) is 59.6 Å². The number of nitrogens with zero attached hydrogens (tertiary/aromatic N) is 1. The first-order chi connectivity index (χ1) is 12.2. The second-order valence-corrected chi connectivity index (χ2v) is 7.41. The van der Waals surface area contributed by atoms with Gasteiger partial charge in [-0.1, -0.05) is 67.4 Å². The summed E-state index contributed by atoms with van der Waals surface area (Å²) in [6.07, 6.45) is 6.27. The normalized spacial score (nSPS) is 19.3. The van der Waals surface area contributed by atoms with Gasteiger partial charge in [0.2, 0.25) is 5.91 Å². The van der Waals surface area contributed by atoms with E-state index in [1.165, 1.54) is 18.4 Å². The number of fused-ring (bicyclic) bond motifs is 1. The highest BCUT2D eigenvalue weighted by atomic mass is 16.1. The Morgan fingerprint density at radius 2 is 1.72 bits per heavy atom. The Labute approximate surface area is 149 Å². The van der Waals surface area contributed by atoms with E-state index in [2.05, 4.69) is 30.3 Å². The molecule has 4 rings (SSSR count). The second kappa shape index (κ2) is 6.47. The van der Waals surface area contributed by atoms with E-state index in [1.807, 2.05) is 24.3 Å². The lowest BCUT2D eigenvalue weighted by Crippen LogP contribution is -2.40. The highest BCUT2D eigenvalue weighted by Crippen LogP contribution is 2.41. The first kappa shape index (κ1) is 16.1. The van der Waals surface area contributed by atoms with Gasteiger partial charge in [-0.2, -0.15) is 0 Å². The summed E-state index contributed by atoms with van der Waals surface area (Å²) in [4.78, 5) is 17.5. The molecule has 0 unspecified atom stereocenters. The van der Waals surface area contributed by atoms with Gasteiger partial charge in [0, 0.05) is 0 Å². The zero-order valence-electron chi connectivity index (χ0n) is 14.4. The van der Waals surface area contributed by atoms with Gasteiger partial charge in [-0.15, -0.1) is 0 Å². The zero-order valence-corrected chi connectivity index (χ0v) is 14.4. The molecule has 1 fully saturated rings. The third-order valence-electron chi connectivity index (χ3n) is 5.66. The third-order valence-corrected chi connectivity index (χ3v) is 5.66. The lowest BCUT2D eigenvalue weighted by Gasteiger charge is -2.34. The van der Waals surface area contributed by atoms with Crippen molar-refractivity contribution in [3.8, 4) is 0 Å². The predicted octanol–water partition coefficient (Wildman–Crippen LogP) is 3.69. The first-order valence-corrected chi connectivity index (χ1v) is 9.18. The Morgan fingerprint density at radius 3 is 2.44 bits per heavy atom. The molecule has 1 spiro atoms. The van der Waals surface area contributed by atoms with Crippen molar-refractivity contribution in [3.63, 3.8) is 0 Å². The van der Waals surface area contributed by atoms with E-state index in [0.29, 0.717) is 6.42 Å². The van der Waals surface area contributed by atoms with Crippen molar-refractivity contribution < 1.29 is 4.79 Å². The van der Waals surface area contributed by atoms with E-state index in [4.69, 9.17) is 10.7 Å². The van der Waals surface area contributed by atoms with Crippen molar-refractivity contribution in [3.05, 3.63) is 71.3 Å². The van der Waals surface area contributed by atoms with Gasteiger partial charge in [0.15, 0.2) is 0 Å². The number of rotatable bonds is 4.